The Kier molecular flexibility index (Phi) is 4.93. The van der Waals surface area contributed by atoms with Crippen LogP contribution >= 0.6 is 32.0 Å². The zero-order valence-corrected chi connectivity index (χ0v) is 12.6. The summed E-state index contributed by atoms with van der Waals surface area (Å²) >= 11 is 10.8. The first-order valence-electron chi connectivity index (χ1n) is 5.64. The van der Waals surface area contributed by atoms with Gasteiger partial charge in [-0.15, -0.1) is 0 Å². The molecule has 0 spiro atoms. The van der Waals surface area contributed by atoms with Crippen LogP contribution in [0.4, 0.5) is 0 Å². The fourth-order valence-corrected chi connectivity index (χ4v) is 2.65. The molecule has 2 heterocycles. The first kappa shape index (κ1) is 16.0. The fraction of sp³-hybridized carbons (Fsp3) is 0.556. The molecule has 112 valence electrons. The molecule has 1 aromatic rings. The zero-order chi connectivity index (χ0) is 14.9. The third-order valence-corrected chi connectivity index (χ3v) is 3.83. The van der Waals surface area contributed by atoms with Crippen LogP contribution in [0.5, 0.6) is 0 Å². The molecule has 2 atom stereocenters. The molecule has 20 heavy (non-hydrogen) atoms. The van der Waals surface area contributed by atoms with E-state index in [2.05, 4.69) is 9.51 Å². The van der Waals surface area contributed by atoms with E-state index in [0.717, 1.165) is 0 Å². The van der Waals surface area contributed by atoms with Gasteiger partial charge < -0.3 is 4.74 Å². The van der Waals surface area contributed by atoms with Gasteiger partial charge in [-0.3, -0.25) is 14.3 Å². The van der Waals surface area contributed by atoms with Gasteiger partial charge in [0, 0.05) is 6.20 Å². The summed E-state index contributed by atoms with van der Waals surface area (Å²) in [7, 11) is -4.26. The van der Waals surface area contributed by atoms with Crippen LogP contribution in [0.1, 0.15) is 19.1 Å². The second-order valence-electron chi connectivity index (χ2n) is 4.24. The van der Waals surface area contributed by atoms with Crippen LogP contribution in [-0.2, 0) is 9.26 Å². The molecule has 1 saturated heterocycles. The van der Waals surface area contributed by atoms with Crippen LogP contribution in [-0.4, -0.2) is 36.9 Å². The van der Waals surface area contributed by atoms with Crippen molar-refractivity contribution in [1.29, 1.82) is 0 Å². The van der Waals surface area contributed by atoms with E-state index in [0.29, 0.717) is 12.8 Å². The van der Waals surface area contributed by atoms with Gasteiger partial charge in [0.25, 0.3) is 5.56 Å². The lowest BCUT2D eigenvalue weighted by atomic mass is 10.2. The molecule has 0 bridgehead atoms. The van der Waals surface area contributed by atoms with E-state index in [1.165, 1.54) is 10.8 Å². The molecule has 0 aliphatic carbocycles. The Labute approximate surface area is 124 Å². The molecule has 1 aliphatic rings. The normalized spacial score (nSPS) is 23.2. The van der Waals surface area contributed by atoms with Crippen molar-refractivity contribution < 1.29 is 23.9 Å². The minimum Gasteiger partial charge on any atom is -0.352 e. The molecule has 11 heteroatoms. The van der Waals surface area contributed by atoms with Crippen LogP contribution in [0, 0.1) is 4.77 Å². The number of aromatic nitrogens is 2. The van der Waals surface area contributed by atoms with E-state index < -0.39 is 26.1 Å². The number of halogens is 1. The van der Waals surface area contributed by atoms with Gasteiger partial charge in [-0.25, -0.2) is 0 Å². The molecule has 0 aromatic carbocycles. The highest BCUT2D eigenvalue weighted by Gasteiger charge is 2.37. The molecule has 1 aliphatic heterocycles. The maximum atomic E-state index is 11.3. The van der Waals surface area contributed by atoms with Gasteiger partial charge in [0.15, 0.2) is 4.77 Å². The van der Waals surface area contributed by atoms with Crippen molar-refractivity contribution in [3.63, 3.8) is 0 Å². The van der Waals surface area contributed by atoms with Crippen molar-refractivity contribution in [3.05, 3.63) is 26.3 Å². The summed E-state index contributed by atoms with van der Waals surface area (Å²) in [5.41, 5.74) is -0.471. The van der Waals surface area contributed by atoms with Crippen LogP contribution < -0.4 is 5.56 Å². The van der Waals surface area contributed by atoms with Gasteiger partial charge in [-0.05, 0) is 25.1 Å². The van der Waals surface area contributed by atoms with Crippen molar-refractivity contribution in [3.8, 4) is 0 Å². The van der Waals surface area contributed by atoms with Crippen molar-refractivity contribution in [2.75, 3.05) is 6.61 Å². The molecule has 0 saturated carbocycles. The maximum absolute atomic E-state index is 11.3. The lowest BCUT2D eigenvalue weighted by Crippen LogP contribution is -2.20. The average molecular weight is 344 g/mol. The van der Waals surface area contributed by atoms with Crippen molar-refractivity contribution in [1.82, 2.24) is 9.55 Å². The van der Waals surface area contributed by atoms with Gasteiger partial charge in [-0.1, -0.05) is 11.6 Å². The summed E-state index contributed by atoms with van der Waals surface area (Å²) in [6.07, 6.45) is 1.69. The largest absolute Gasteiger partial charge is 0.567 e. The summed E-state index contributed by atoms with van der Waals surface area (Å²) in [4.78, 5) is 39.9. The first-order chi connectivity index (χ1) is 9.26. The Balaban J connectivity index is 2.05. The monoisotopic (exact) mass is 343 g/mol. The summed E-state index contributed by atoms with van der Waals surface area (Å²) in [6.45, 7) is -0.155. The average Bonchev–Trinajstić information content (AvgIpc) is 2.79. The summed E-state index contributed by atoms with van der Waals surface area (Å²) in [6, 6.07) is 0. The Bertz CT molecular complexity index is 599. The van der Waals surface area contributed by atoms with Crippen molar-refractivity contribution >= 4 is 32.0 Å². The highest BCUT2D eigenvalue weighted by atomic mass is 35.5. The standard InChI is InChI=1S/C9H12ClN2O6PS/c10-6-3-12(9(20)11-8(6)13)7-2-1-5(18-7)4-17-19(14,15)16/h3,5,7,14-16H,1-2,4H2/p+1. The van der Waals surface area contributed by atoms with E-state index in [1.807, 2.05) is 0 Å². The minimum atomic E-state index is -4.26. The Morgan fingerprint density at radius 1 is 1.55 bits per heavy atom. The van der Waals surface area contributed by atoms with E-state index in [9.17, 15) is 4.79 Å². The van der Waals surface area contributed by atoms with Crippen molar-refractivity contribution in [2.45, 2.75) is 25.2 Å². The minimum absolute atomic E-state index is 0.00656. The van der Waals surface area contributed by atoms with E-state index in [4.69, 9.17) is 43.2 Å². The van der Waals surface area contributed by atoms with Crippen LogP contribution in [0.2, 0.25) is 5.02 Å². The first-order valence-corrected chi connectivity index (χ1v) is 7.99. The highest BCUT2D eigenvalue weighted by molar-refractivity contribution is 7.71. The third kappa shape index (κ3) is 4.06. The molecule has 8 nitrogen and oxygen atoms in total. The number of ether oxygens (including phenoxy) is 1. The number of rotatable bonds is 4. The Hall–Kier alpha value is -0.380. The summed E-state index contributed by atoms with van der Waals surface area (Å²) < 4.78 is 11.8. The highest BCUT2D eigenvalue weighted by Crippen LogP contribution is 2.46. The number of nitrogens with one attached hydrogen (secondary N) is 1. The molecular weight excluding hydrogens is 331 g/mol. The number of nitrogens with zero attached hydrogens (tertiary/aromatic N) is 1. The molecule has 2 unspecified atom stereocenters. The Morgan fingerprint density at radius 3 is 2.90 bits per heavy atom. The van der Waals surface area contributed by atoms with Crippen LogP contribution in [0.15, 0.2) is 11.0 Å². The quantitative estimate of drug-likeness (QED) is 0.474. The fourth-order valence-electron chi connectivity index (χ4n) is 1.87. The molecular formula is C9H13ClN2O6PS+. The van der Waals surface area contributed by atoms with Crippen LogP contribution in [0.25, 0.3) is 0 Å². The molecule has 1 fully saturated rings. The van der Waals surface area contributed by atoms with Crippen LogP contribution in [0.3, 0.4) is 0 Å². The smallest absolute Gasteiger partial charge is 0.352 e. The molecule has 2 rings (SSSR count). The second-order valence-corrected chi connectivity index (χ2v) is 6.32. The summed E-state index contributed by atoms with van der Waals surface area (Å²) in [5.74, 6) is 0. The van der Waals surface area contributed by atoms with Gasteiger partial charge in [0.1, 0.15) is 17.9 Å². The Morgan fingerprint density at radius 2 is 2.25 bits per heavy atom. The molecule has 4 N–H and O–H groups in total. The SMILES string of the molecule is O=c1[nH]c(=S)n(C2CCC(CO[P+](O)(O)O)O2)cc1Cl. The number of hydrogen-bond donors (Lipinski definition) is 4. The lowest BCUT2D eigenvalue weighted by molar-refractivity contribution is -0.0262. The molecule has 0 amide bonds. The van der Waals surface area contributed by atoms with Gasteiger partial charge in [0.05, 0.1) is 6.10 Å². The van der Waals surface area contributed by atoms with Gasteiger partial charge in [-0.2, -0.15) is 19.2 Å². The predicted molar refractivity (Wildman–Crippen MR) is 73.6 cm³/mol. The lowest BCUT2D eigenvalue weighted by Gasteiger charge is -2.16. The van der Waals surface area contributed by atoms with E-state index >= 15 is 0 Å². The molecule has 0 radical (unpaired) electrons. The van der Waals surface area contributed by atoms with E-state index in [-0.39, 0.29) is 16.4 Å². The third-order valence-electron chi connectivity index (χ3n) is 2.75. The zero-order valence-electron chi connectivity index (χ0n) is 10.1. The summed E-state index contributed by atoms with van der Waals surface area (Å²) in [5, 5.41) is -0.00656. The van der Waals surface area contributed by atoms with E-state index in [1.54, 1.807) is 0 Å². The topological polar surface area (TPSA) is 117 Å². The van der Waals surface area contributed by atoms with Gasteiger partial charge in [0.2, 0.25) is 0 Å². The van der Waals surface area contributed by atoms with Crippen molar-refractivity contribution in [2.24, 2.45) is 0 Å². The number of hydrogen-bond acceptors (Lipinski definition) is 7. The number of H-pyrrole nitrogens is 1. The molecule has 1 aromatic heterocycles. The predicted octanol–water partition coefficient (Wildman–Crippen LogP) is 0.908. The van der Waals surface area contributed by atoms with Gasteiger partial charge >= 0.3 is 8.17 Å². The maximum Gasteiger partial charge on any atom is 0.567 e. The second kappa shape index (κ2) is 6.17. The number of aromatic amines is 1.